The van der Waals surface area contributed by atoms with Crippen molar-refractivity contribution in [2.45, 2.75) is 19.3 Å². The summed E-state index contributed by atoms with van der Waals surface area (Å²) in [4.78, 5) is 11.6. The third-order valence-corrected chi connectivity index (χ3v) is 4.22. The van der Waals surface area contributed by atoms with Crippen LogP contribution in [0.25, 0.3) is 5.57 Å². The van der Waals surface area contributed by atoms with Crippen molar-refractivity contribution in [3.63, 3.8) is 0 Å². The van der Waals surface area contributed by atoms with Crippen LogP contribution < -0.4 is 14.8 Å². The van der Waals surface area contributed by atoms with Crippen molar-refractivity contribution >= 4 is 23.1 Å². The van der Waals surface area contributed by atoms with Crippen molar-refractivity contribution in [3.05, 3.63) is 64.7 Å². The summed E-state index contributed by atoms with van der Waals surface area (Å²) in [6.07, 6.45) is -0.127. The van der Waals surface area contributed by atoms with E-state index in [-0.39, 0.29) is 5.91 Å². The molecule has 1 heterocycles. The second-order valence-corrected chi connectivity index (χ2v) is 6.01. The first-order chi connectivity index (χ1) is 12.0. The van der Waals surface area contributed by atoms with E-state index in [9.17, 15) is 9.90 Å². The predicted octanol–water partition coefficient (Wildman–Crippen LogP) is 3.00. The third-order valence-electron chi connectivity index (χ3n) is 3.89. The zero-order valence-corrected chi connectivity index (χ0v) is 14.6. The van der Waals surface area contributed by atoms with Crippen molar-refractivity contribution < 1.29 is 19.4 Å². The molecule has 130 valence electrons. The molecule has 3 rings (SSSR count). The van der Waals surface area contributed by atoms with Gasteiger partial charge >= 0.3 is 0 Å². The first kappa shape index (κ1) is 17.3. The maximum Gasteiger partial charge on any atom is 0.260 e. The summed E-state index contributed by atoms with van der Waals surface area (Å²) in [5.74, 6) is 0.712. The van der Waals surface area contributed by atoms with Gasteiger partial charge in [0.05, 0.1) is 0 Å². The number of halogens is 1. The number of hydrogen-bond acceptors (Lipinski definition) is 4. The summed E-state index contributed by atoms with van der Waals surface area (Å²) in [5.41, 5.74) is 2.38. The standard InChI is InChI=1S/C19H18ClNO4/c1-11(19(23)21-2)24-12-7-8-14-15(10-18(22)25-17(14)9-12)13-5-3-4-6-16(13)20/h3-11,18,22H,1-2H3,(H,21,23). The van der Waals surface area contributed by atoms with Gasteiger partial charge in [-0.3, -0.25) is 4.79 Å². The fourth-order valence-corrected chi connectivity index (χ4v) is 2.91. The topological polar surface area (TPSA) is 67.8 Å². The van der Waals surface area contributed by atoms with Gasteiger partial charge in [-0.15, -0.1) is 0 Å². The maximum atomic E-state index is 11.6. The van der Waals surface area contributed by atoms with Crippen LogP contribution in [0.1, 0.15) is 18.1 Å². The molecule has 1 aliphatic rings. The highest BCUT2D eigenvalue weighted by molar-refractivity contribution is 6.32. The summed E-state index contributed by atoms with van der Waals surface area (Å²) in [5, 5.41) is 13.1. The molecular weight excluding hydrogens is 342 g/mol. The van der Waals surface area contributed by atoms with Gasteiger partial charge in [0.15, 0.2) is 6.10 Å². The van der Waals surface area contributed by atoms with Crippen LogP contribution in [0.3, 0.4) is 0 Å². The van der Waals surface area contributed by atoms with Crippen molar-refractivity contribution in [2.75, 3.05) is 7.05 Å². The normalized spacial score (nSPS) is 17.0. The van der Waals surface area contributed by atoms with E-state index >= 15 is 0 Å². The molecule has 25 heavy (non-hydrogen) atoms. The van der Waals surface area contributed by atoms with Crippen molar-refractivity contribution in [1.29, 1.82) is 0 Å². The van der Waals surface area contributed by atoms with Crippen molar-refractivity contribution in [1.82, 2.24) is 5.32 Å². The lowest BCUT2D eigenvalue weighted by molar-refractivity contribution is -0.126. The van der Waals surface area contributed by atoms with Gasteiger partial charge in [0.1, 0.15) is 11.5 Å². The number of carbonyl (C=O) groups excluding carboxylic acids is 1. The Kier molecular flexibility index (Phi) is 4.97. The number of rotatable bonds is 4. The first-order valence-electron chi connectivity index (χ1n) is 7.83. The van der Waals surface area contributed by atoms with E-state index in [0.29, 0.717) is 16.5 Å². The lowest BCUT2D eigenvalue weighted by Crippen LogP contribution is -2.33. The fraction of sp³-hybridized carbons (Fsp3) is 0.211. The van der Waals surface area contributed by atoms with E-state index in [0.717, 1.165) is 16.7 Å². The van der Waals surface area contributed by atoms with Crippen LogP contribution in [-0.2, 0) is 4.79 Å². The van der Waals surface area contributed by atoms with Crippen LogP contribution >= 0.6 is 11.6 Å². The number of carbonyl (C=O) groups is 1. The number of aliphatic hydroxyl groups is 1. The van der Waals surface area contributed by atoms with E-state index in [1.165, 1.54) is 0 Å². The Morgan fingerprint density at radius 1 is 1.28 bits per heavy atom. The zero-order valence-electron chi connectivity index (χ0n) is 13.8. The predicted molar refractivity (Wildman–Crippen MR) is 95.8 cm³/mol. The number of likely N-dealkylation sites (N-methyl/N-ethyl adjacent to an activating group) is 1. The molecule has 2 unspecified atom stereocenters. The zero-order chi connectivity index (χ0) is 18.0. The minimum Gasteiger partial charge on any atom is -0.481 e. The number of amides is 1. The van der Waals surface area contributed by atoms with Gasteiger partial charge in [-0.2, -0.15) is 0 Å². The van der Waals surface area contributed by atoms with Gasteiger partial charge < -0.3 is 19.9 Å². The molecule has 6 heteroatoms. The van der Waals surface area contributed by atoms with Gasteiger partial charge in [0, 0.05) is 29.3 Å². The number of ether oxygens (including phenoxy) is 2. The Bertz CT molecular complexity index is 834. The highest BCUT2D eigenvalue weighted by Crippen LogP contribution is 2.40. The summed E-state index contributed by atoms with van der Waals surface area (Å²) < 4.78 is 11.1. The van der Waals surface area contributed by atoms with Gasteiger partial charge in [-0.1, -0.05) is 29.8 Å². The van der Waals surface area contributed by atoms with Crippen LogP contribution in [0.5, 0.6) is 11.5 Å². The summed E-state index contributed by atoms with van der Waals surface area (Å²) in [6, 6.07) is 12.6. The molecule has 1 aliphatic heterocycles. The Hall–Kier alpha value is -2.50. The molecule has 1 amide bonds. The molecule has 0 aliphatic carbocycles. The molecule has 0 spiro atoms. The Morgan fingerprint density at radius 3 is 2.76 bits per heavy atom. The number of fused-ring (bicyclic) bond motifs is 1. The van der Waals surface area contributed by atoms with Crippen LogP contribution in [-0.4, -0.2) is 30.5 Å². The van der Waals surface area contributed by atoms with E-state index in [1.54, 1.807) is 38.2 Å². The highest BCUT2D eigenvalue weighted by atomic mass is 35.5. The van der Waals surface area contributed by atoms with Crippen molar-refractivity contribution in [2.24, 2.45) is 0 Å². The second kappa shape index (κ2) is 7.17. The summed E-state index contributed by atoms with van der Waals surface area (Å²) >= 11 is 6.29. The average molecular weight is 360 g/mol. The van der Waals surface area contributed by atoms with E-state index < -0.39 is 12.4 Å². The number of aliphatic hydroxyl groups excluding tert-OH is 1. The maximum absolute atomic E-state index is 11.6. The average Bonchev–Trinajstić information content (AvgIpc) is 2.60. The minimum atomic E-state index is -1.09. The Balaban J connectivity index is 1.95. The molecule has 2 N–H and O–H groups in total. The fourth-order valence-electron chi connectivity index (χ4n) is 2.67. The minimum absolute atomic E-state index is 0.227. The Labute approximate surface area is 150 Å². The van der Waals surface area contributed by atoms with Gasteiger partial charge in [-0.05, 0) is 36.8 Å². The molecule has 2 aromatic carbocycles. The highest BCUT2D eigenvalue weighted by Gasteiger charge is 2.23. The summed E-state index contributed by atoms with van der Waals surface area (Å²) in [7, 11) is 1.55. The molecule has 0 saturated carbocycles. The van der Waals surface area contributed by atoms with Gasteiger partial charge in [0.2, 0.25) is 6.29 Å². The second-order valence-electron chi connectivity index (χ2n) is 5.60. The quantitative estimate of drug-likeness (QED) is 0.880. The number of benzene rings is 2. The lowest BCUT2D eigenvalue weighted by atomic mass is 9.95. The molecule has 5 nitrogen and oxygen atoms in total. The molecule has 2 atom stereocenters. The largest absolute Gasteiger partial charge is 0.481 e. The Morgan fingerprint density at radius 2 is 2.04 bits per heavy atom. The molecule has 0 bridgehead atoms. The SMILES string of the molecule is CNC(=O)C(C)Oc1ccc2c(c1)OC(O)C=C2c1ccccc1Cl. The first-order valence-corrected chi connectivity index (χ1v) is 8.21. The van der Waals surface area contributed by atoms with Gasteiger partial charge in [-0.25, -0.2) is 0 Å². The molecule has 0 saturated heterocycles. The number of hydrogen-bond donors (Lipinski definition) is 2. The van der Waals surface area contributed by atoms with Gasteiger partial charge in [0.25, 0.3) is 5.91 Å². The lowest BCUT2D eigenvalue weighted by Gasteiger charge is -2.24. The molecule has 0 aromatic heterocycles. The van der Waals surface area contributed by atoms with Crippen LogP contribution in [0.4, 0.5) is 0 Å². The van der Waals surface area contributed by atoms with E-state index in [1.807, 2.05) is 24.3 Å². The molecule has 2 aromatic rings. The van der Waals surface area contributed by atoms with E-state index in [4.69, 9.17) is 21.1 Å². The van der Waals surface area contributed by atoms with Crippen LogP contribution in [0.2, 0.25) is 5.02 Å². The van der Waals surface area contributed by atoms with Crippen LogP contribution in [0.15, 0.2) is 48.5 Å². The van der Waals surface area contributed by atoms with E-state index in [2.05, 4.69) is 5.32 Å². The molecule has 0 radical (unpaired) electrons. The summed E-state index contributed by atoms with van der Waals surface area (Å²) in [6.45, 7) is 1.66. The van der Waals surface area contributed by atoms with Crippen LogP contribution in [0, 0.1) is 0 Å². The molecular formula is C19H18ClNO4. The smallest absolute Gasteiger partial charge is 0.260 e. The van der Waals surface area contributed by atoms with Crippen molar-refractivity contribution in [3.8, 4) is 11.5 Å². The monoisotopic (exact) mass is 359 g/mol. The number of nitrogens with one attached hydrogen (secondary N) is 1. The molecule has 0 fully saturated rings. The third kappa shape index (κ3) is 3.62.